The Balaban J connectivity index is 3.03. The van der Waals surface area contributed by atoms with Crippen LogP contribution in [0.3, 0.4) is 0 Å². The number of carbonyl (C=O) groups is 1. The lowest BCUT2D eigenvalue weighted by molar-refractivity contribution is -0.137. The average Bonchev–Trinajstić information content (AvgIpc) is 2.09. The predicted octanol–water partition coefficient (Wildman–Crippen LogP) is 3.37. The zero-order valence-electron chi connectivity index (χ0n) is 8.55. The van der Waals surface area contributed by atoms with Crippen LogP contribution in [0.4, 0.5) is 4.39 Å². The first-order valence-electron chi connectivity index (χ1n) is 4.59. The van der Waals surface area contributed by atoms with E-state index in [9.17, 15) is 9.18 Å². The van der Waals surface area contributed by atoms with E-state index in [2.05, 4.69) is 0 Å². The van der Waals surface area contributed by atoms with Crippen LogP contribution in [0.15, 0.2) is 12.1 Å². The van der Waals surface area contributed by atoms with E-state index in [0.29, 0.717) is 0 Å². The Kier molecular flexibility index (Phi) is 3.69. The largest absolute Gasteiger partial charge is 0.481 e. The second-order valence-electron chi connectivity index (χ2n) is 3.62. The van der Waals surface area contributed by atoms with Gasteiger partial charge in [-0.25, -0.2) is 4.39 Å². The van der Waals surface area contributed by atoms with E-state index in [-0.39, 0.29) is 17.4 Å². The van der Waals surface area contributed by atoms with Crippen molar-refractivity contribution in [1.29, 1.82) is 0 Å². The van der Waals surface area contributed by atoms with E-state index < -0.39 is 11.8 Å². The summed E-state index contributed by atoms with van der Waals surface area (Å²) in [4.78, 5) is 10.5. The molecule has 0 saturated heterocycles. The number of aliphatic carboxylic acids is 1. The van der Waals surface area contributed by atoms with Crippen molar-refractivity contribution in [3.8, 4) is 0 Å². The van der Waals surface area contributed by atoms with Gasteiger partial charge in [-0.05, 0) is 36.1 Å². The van der Waals surface area contributed by atoms with Crippen LogP contribution in [-0.4, -0.2) is 11.1 Å². The molecule has 1 aromatic rings. The molecule has 0 aliphatic carbocycles. The summed E-state index contributed by atoms with van der Waals surface area (Å²) in [6, 6.07) is 2.83. The summed E-state index contributed by atoms with van der Waals surface area (Å²) in [5, 5.41) is 8.69. The number of carboxylic acid groups (broad SMARTS) is 1. The minimum Gasteiger partial charge on any atom is -0.481 e. The van der Waals surface area contributed by atoms with Gasteiger partial charge in [0.25, 0.3) is 0 Å². The highest BCUT2D eigenvalue weighted by Crippen LogP contribution is 2.27. The third-order valence-electron chi connectivity index (χ3n) is 2.32. The molecule has 1 N–H and O–H groups in total. The molecule has 0 aliphatic rings. The molecular weight excluding hydrogens is 219 g/mol. The predicted molar refractivity (Wildman–Crippen MR) is 56.8 cm³/mol. The lowest BCUT2D eigenvalue weighted by atomic mass is 9.94. The van der Waals surface area contributed by atoms with Crippen LogP contribution in [0.5, 0.6) is 0 Å². The molecule has 1 rings (SSSR count). The van der Waals surface area contributed by atoms with Crippen molar-refractivity contribution in [1.82, 2.24) is 0 Å². The summed E-state index contributed by atoms with van der Waals surface area (Å²) >= 11 is 5.64. The highest BCUT2D eigenvalue weighted by Gasteiger charge is 2.14. The summed E-state index contributed by atoms with van der Waals surface area (Å²) in [6.45, 7) is 3.53. The summed E-state index contributed by atoms with van der Waals surface area (Å²) < 4.78 is 13.0. The fourth-order valence-electron chi connectivity index (χ4n) is 1.56. The van der Waals surface area contributed by atoms with Crippen LogP contribution in [-0.2, 0) is 4.79 Å². The normalized spacial score (nSPS) is 12.5. The number of carboxylic acids is 1. The Morgan fingerprint density at radius 3 is 2.73 bits per heavy atom. The zero-order valence-corrected chi connectivity index (χ0v) is 9.31. The van der Waals surface area contributed by atoms with E-state index in [0.717, 1.165) is 11.1 Å². The van der Waals surface area contributed by atoms with Crippen molar-refractivity contribution >= 4 is 17.6 Å². The second kappa shape index (κ2) is 4.62. The van der Waals surface area contributed by atoms with E-state index >= 15 is 0 Å². The third-order valence-corrected chi connectivity index (χ3v) is 2.61. The van der Waals surface area contributed by atoms with Gasteiger partial charge < -0.3 is 5.11 Å². The molecule has 0 saturated carbocycles. The van der Waals surface area contributed by atoms with E-state index in [1.54, 1.807) is 13.8 Å². The van der Waals surface area contributed by atoms with Crippen LogP contribution in [0, 0.1) is 12.7 Å². The first-order chi connectivity index (χ1) is 6.91. The van der Waals surface area contributed by atoms with Crippen molar-refractivity contribution in [2.75, 3.05) is 0 Å². The molecule has 0 aliphatic heterocycles. The van der Waals surface area contributed by atoms with Gasteiger partial charge in [-0.2, -0.15) is 0 Å². The molecule has 0 heterocycles. The van der Waals surface area contributed by atoms with E-state index in [1.165, 1.54) is 12.1 Å². The highest BCUT2D eigenvalue weighted by atomic mass is 35.5. The van der Waals surface area contributed by atoms with Gasteiger partial charge in [-0.3, -0.25) is 4.79 Å². The van der Waals surface area contributed by atoms with Crippen LogP contribution in [0.25, 0.3) is 0 Å². The van der Waals surface area contributed by atoms with Crippen molar-refractivity contribution in [3.63, 3.8) is 0 Å². The third kappa shape index (κ3) is 2.93. The van der Waals surface area contributed by atoms with Crippen LogP contribution in [0.2, 0.25) is 5.02 Å². The Bertz CT molecular complexity index is 390. The van der Waals surface area contributed by atoms with Crippen LogP contribution < -0.4 is 0 Å². The van der Waals surface area contributed by atoms with Crippen molar-refractivity contribution in [3.05, 3.63) is 34.1 Å². The maximum absolute atomic E-state index is 13.0. The van der Waals surface area contributed by atoms with Gasteiger partial charge in [0.05, 0.1) is 11.4 Å². The van der Waals surface area contributed by atoms with Crippen molar-refractivity contribution < 1.29 is 14.3 Å². The summed E-state index contributed by atoms with van der Waals surface area (Å²) in [7, 11) is 0. The molecule has 4 heteroatoms. The molecule has 0 fully saturated rings. The Hall–Kier alpha value is -1.09. The van der Waals surface area contributed by atoms with Crippen LogP contribution in [0.1, 0.15) is 30.4 Å². The molecular formula is C11H12ClFO2. The van der Waals surface area contributed by atoms with Gasteiger partial charge >= 0.3 is 5.97 Å². The van der Waals surface area contributed by atoms with Gasteiger partial charge in [0.2, 0.25) is 0 Å². The standard InChI is InChI=1S/C11H12ClFO2/c1-6-3-10(13)9(12)5-8(6)7(2)4-11(14)15/h3,5,7H,4H2,1-2H3,(H,14,15). The minimum atomic E-state index is -0.873. The molecule has 2 nitrogen and oxygen atoms in total. The van der Waals surface area contributed by atoms with Gasteiger partial charge in [0.1, 0.15) is 5.82 Å². The Labute approximate surface area is 92.7 Å². The molecule has 0 radical (unpaired) electrons. The highest BCUT2D eigenvalue weighted by molar-refractivity contribution is 6.30. The monoisotopic (exact) mass is 230 g/mol. The lowest BCUT2D eigenvalue weighted by Gasteiger charge is -2.13. The number of rotatable bonds is 3. The average molecular weight is 231 g/mol. The lowest BCUT2D eigenvalue weighted by Crippen LogP contribution is -2.04. The molecule has 15 heavy (non-hydrogen) atoms. The molecule has 82 valence electrons. The van der Waals surface area contributed by atoms with Gasteiger partial charge in [0, 0.05) is 0 Å². The maximum atomic E-state index is 13.0. The minimum absolute atomic E-state index is 0.0167. The first-order valence-corrected chi connectivity index (χ1v) is 4.97. The Morgan fingerprint density at radius 1 is 1.60 bits per heavy atom. The first kappa shape index (κ1) is 12.0. The quantitative estimate of drug-likeness (QED) is 0.865. The SMILES string of the molecule is Cc1cc(F)c(Cl)cc1C(C)CC(=O)O. The maximum Gasteiger partial charge on any atom is 0.303 e. The molecule has 0 amide bonds. The topological polar surface area (TPSA) is 37.3 Å². The molecule has 1 aromatic carbocycles. The number of halogens is 2. The van der Waals surface area contributed by atoms with Crippen molar-refractivity contribution in [2.24, 2.45) is 0 Å². The number of hydrogen-bond donors (Lipinski definition) is 1. The summed E-state index contributed by atoms with van der Waals surface area (Å²) in [6.07, 6.45) is 0.0167. The van der Waals surface area contributed by atoms with Gasteiger partial charge in [-0.15, -0.1) is 0 Å². The Morgan fingerprint density at radius 2 is 2.20 bits per heavy atom. The van der Waals surface area contributed by atoms with Crippen LogP contribution >= 0.6 is 11.6 Å². The summed E-state index contributed by atoms with van der Waals surface area (Å²) in [5.41, 5.74) is 1.51. The molecule has 1 atom stereocenters. The van der Waals surface area contributed by atoms with Gasteiger partial charge in [-0.1, -0.05) is 18.5 Å². The molecule has 0 aromatic heterocycles. The number of aryl methyl sites for hydroxylation is 1. The fraction of sp³-hybridized carbons (Fsp3) is 0.364. The molecule has 1 unspecified atom stereocenters. The number of benzene rings is 1. The second-order valence-corrected chi connectivity index (χ2v) is 4.03. The van der Waals surface area contributed by atoms with Gasteiger partial charge in [0.15, 0.2) is 0 Å². The fourth-order valence-corrected chi connectivity index (χ4v) is 1.74. The summed E-state index contributed by atoms with van der Waals surface area (Å²) in [5.74, 6) is -1.51. The van der Waals surface area contributed by atoms with E-state index in [1.807, 2.05) is 0 Å². The van der Waals surface area contributed by atoms with Crippen molar-refractivity contribution in [2.45, 2.75) is 26.2 Å². The smallest absolute Gasteiger partial charge is 0.303 e. The molecule has 0 bridgehead atoms. The zero-order chi connectivity index (χ0) is 11.6. The number of hydrogen-bond acceptors (Lipinski definition) is 1. The molecule has 0 spiro atoms. The van der Waals surface area contributed by atoms with E-state index in [4.69, 9.17) is 16.7 Å².